The van der Waals surface area contributed by atoms with Crippen LogP contribution in [-0.2, 0) is 6.54 Å². The van der Waals surface area contributed by atoms with E-state index in [0.29, 0.717) is 21.7 Å². The van der Waals surface area contributed by atoms with Crippen LogP contribution in [-0.4, -0.2) is 23.4 Å². The Morgan fingerprint density at radius 1 is 1.08 bits per heavy atom. The van der Waals surface area contributed by atoms with E-state index in [9.17, 15) is 9.59 Å². The summed E-state index contributed by atoms with van der Waals surface area (Å²) < 4.78 is 6.80. The Labute approximate surface area is 148 Å². The van der Waals surface area contributed by atoms with Crippen molar-refractivity contribution < 1.29 is 14.3 Å². The van der Waals surface area contributed by atoms with Crippen LogP contribution in [0.4, 0.5) is 0 Å². The number of thiazole rings is 1. The Morgan fingerprint density at radius 2 is 1.84 bits per heavy atom. The molecule has 1 aromatic heterocycles. The molecule has 0 aliphatic carbocycles. The maximum absolute atomic E-state index is 12.4. The fourth-order valence-corrected chi connectivity index (χ4v) is 3.01. The number of methoxy groups -OCH3 is 1. The second-order valence-corrected chi connectivity index (χ2v) is 6.12. The maximum Gasteiger partial charge on any atom is 0.279 e. The molecule has 0 saturated heterocycles. The third kappa shape index (κ3) is 4.10. The number of Topliss-reactive ketones (excluding diaryl/α,β-unsaturated/α-hetero) is 1. The SMILES string of the molecule is COc1cccc(C(=O)N=c2sccn2CC(=O)c2ccccc2)c1. The standard InChI is InChI=1S/C19H16N2O3S/c1-24-16-9-5-8-15(12-16)18(23)20-19-21(10-11-25-19)13-17(22)14-6-3-2-4-7-14/h2-12H,13H2,1H3. The van der Waals surface area contributed by atoms with Gasteiger partial charge in [-0.25, -0.2) is 0 Å². The van der Waals surface area contributed by atoms with Gasteiger partial charge in [0.25, 0.3) is 5.91 Å². The molecule has 3 rings (SSSR count). The molecule has 0 atom stereocenters. The lowest BCUT2D eigenvalue weighted by atomic mass is 10.1. The molecular weight excluding hydrogens is 336 g/mol. The highest BCUT2D eigenvalue weighted by Crippen LogP contribution is 2.13. The van der Waals surface area contributed by atoms with Gasteiger partial charge in [-0.1, -0.05) is 36.4 Å². The predicted octanol–water partition coefficient (Wildman–Crippen LogP) is 3.18. The van der Waals surface area contributed by atoms with Crippen LogP contribution in [0.1, 0.15) is 20.7 Å². The molecule has 0 unspecified atom stereocenters. The molecule has 0 fully saturated rings. The smallest absolute Gasteiger partial charge is 0.279 e. The van der Waals surface area contributed by atoms with Crippen molar-refractivity contribution in [2.45, 2.75) is 6.54 Å². The number of carbonyl (C=O) groups is 2. The highest BCUT2D eigenvalue weighted by atomic mass is 32.1. The normalized spacial score (nSPS) is 11.3. The molecule has 0 aliphatic heterocycles. The van der Waals surface area contributed by atoms with Crippen LogP contribution in [0.15, 0.2) is 71.2 Å². The molecule has 0 N–H and O–H groups in total. The van der Waals surface area contributed by atoms with E-state index in [2.05, 4.69) is 4.99 Å². The molecule has 0 aliphatic rings. The molecule has 6 heteroatoms. The Kier molecular flexibility index (Phi) is 5.20. The monoisotopic (exact) mass is 352 g/mol. The van der Waals surface area contributed by atoms with E-state index in [1.54, 1.807) is 59.7 Å². The molecule has 5 nitrogen and oxygen atoms in total. The lowest BCUT2D eigenvalue weighted by Crippen LogP contribution is -2.21. The number of ketones is 1. The molecule has 0 saturated carbocycles. The Morgan fingerprint density at radius 3 is 2.60 bits per heavy atom. The summed E-state index contributed by atoms with van der Waals surface area (Å²) in [6, 6.07) is 15.9. The summed E-state index contributed by atoms with van der Waals surface area (Å²) in [5.41, 5.74) is 1.07. The number of benzene rings is 2. The van der Waals surface area contributed by atoms with Crippen molar-refractivity contribution in [1.82, 2.24) is 4.57 Å². The molecule has 126 valence electrons. The van der Waals surface area contributed by atoms with Crippen molar-refractivity contribution in [3.05, 3.63) is 82.1 Å². The van der Waals surface area contributed by atoms with Gasteiger partial charge >= 0.3 is 0 Å². The Bertz CT molecular complexity index is 958. The first-order valence-electron chi connectivity index (χ1n) is 7.62. The van der Waals surface area contributed by atoms with Crippen LogP contribution in [0, 0.1) is 0 Å². The third-order valence-electron chi connectivity index (χ3n) is 3.58. The minimum atomic E-state index is -0.373. The van der Waals surface area contributed by atoms with Gasteiger partial charge in [-0.2, -0.15) is 4.99 Å². The van der Waals surface area contributed by atoms with Gasteiger partial charge in [-0.05, 0) is 18.2 Å². The summed E-state index contributed by atoms with van der Waals surface area (Å²) in [5, 5.41) is 1.80. The number of amides is 1. The van der Waals surface area contributed by atoms with Crippen molar-refractivity contribution >= 4 is 23.0 Å². The largest absolute Gasteiger partial charge is 0.497 e. The summed E-state index contributed by atoms with van der Waals surface area (Å²) in [6.45, 7) is 0.137. The predicted molar refractivity (Wildman–Crippen MR) is 96.0 cm³/mol. The lowest BCUT2D eigenvalue weighted by Gasteiger charge is -2.03. The quantitative estimate of drug-likeness (QED) is 0.663. The molecule has 1 amide bonds. The van der Waals surface area contributed by atoms with Crippen molar-refractivity contribution in [2.75, 3.05) is 7.11 Å². The summed E-state index contributed by atoms with van der Waals surface area (Å²) in [5.74, 6) is 0.191. The van der Waals surface area contributed by atoms with E-state index in [1.807, 2.05) is 18.2 Å². The van der Waals surface area contributed by atoms with E-state index < -0.39 is 0 Å². The summed E-state index contributed by atoms with van der Waals surface area (Å²) in [4.78, 5) is 29.3. The zero-order valence-electron chi connectivity index (χ0n) is 13.6. The summed E-state index contributed by atoms with van der Waals surface area (Å²) in [6.07, 6.45) is 1.75. The van der Waals surface area contributed by atoms with Crippen molar-refractivity contribution in [3.63, 3.8) is 0 Å². The summed E-state index contributed by atoms with van der Waals surface area (Å²) in [7, 11) is 1.54. The molecule has 3 aromatic rings. The Hall–Kier alpha value is -2.99. The number of rotatable bonds is 5. The first-order valence-corrected chi connectivity index (χ1v) is 8.50. The average molecular weight is 352 g/mol. The molecule has 25 heavy (non-hydrogen) atoms. The second kappa shape index (κ2) is 7.72. The topological polar surface area (TPSA) is 60.7 Å². The van der Waals surface area contributed by atoms with E-state index in [4.69, 9.17) is 4.74 Å². The van der Waals surface area contributed by atoms with Crippen molar-refractivity contribution in [3.8, 4) is 5.75 Å². The Balaban J connectivity index is 1.84. The zero-order chi connectivity index (χ0) is 17.6. The number of carbonyl (C=O) groups excluding carboxylic acids is 2. The van der Waals surface area contributed by atoms with Crippen LogP contribution in [0.3, 0.4) is 0 Å². The van der Waals surface area contributed by atoms with E-state index in [-0.39, 0.29) is 18.2 Å². The van der Waals surface area contributed by atoms with Gasteiger partial charge < -0.3 is 9.30 Å². The van der Waals surface area contributed by atoms with E-state index in [0.717, 1.165) is 0 Å². The summed E-state index contributed by atoms with van der Waals surface area (Å²) >= 11 is 1.31. The number of ether oxygens (including phenoxy) is 1. The number of aromatic nitrogens is 1. The molecular formula is C19H16N2O3S. The molecule has 2 aromatic carbocycles. The van der Waals surface area contributed by atoms with Gasteiger partial charge in [0.15, 0.2) is 10.6 Å². The minimum Gasteiger partial charge on any atom is -0.497 e. The van der Waals surface area contributed by atoms with Crippen LogP contribution in [0.5, 0.6) is 5.75 Å². The molecule has 0 bridgehead atoms. The third-order valence-corrected chi connectivity index (χ3v) is 4.38. The van der Waals surface area contributed by atoms with Gasteiger partial charge in [0.2, 0.25) is 0 Å². The average Bonchev–Trinajstić information content (AvgIpc) is 3.09. The fraction of sp³-hybridized carbons (Fsp3) is 0.105. The van der Waals surface area contributed by atoms with Crippen LogP contribution >= 0.6 is 11.3 Å². The highest BCUT2D eigenvalue weighted by molar-refractivity contribution is 7.07. The van der Waals surface area contributed by atoms with Gasteiger partial charge in [0.05, 0.1) is 13.7 Å². The van der Waals surface area contributed by atoms with Gasteiger partial charge in [0, 0.05) is 22.7 Å². The van der Waals surface area contributed by atoms with E-state index >= 15 is 0 Å². The molecule has 1 heterocycles. The lowest BCUT2D eigenvalue weighted by molar-refractivity contribution is 0.0963. The number of hydrogen-bond acceptors (Lipinski definition) is 4. The number of hydrogen-bond donors (Lipinski definition) is 0. The van der Waals surface area contributed by atoms with Crippen LogP contribution in [0.2, 0.25) is 0 Å². The maximum atomic E-state index is 12.4. The first-order chi connectivity index (χ1) is 12.2. The van der Waals surface area contributed by atoms with Gasteiger partial charge in [0.1, 0.15) is 5.75 Å². The second-order valence-electron chi connectivity index (χ2n) is 5.25. The zero-order valence-corrected chi connectivity index (χ0v) is 14.4. The first kappa shape index (κ1) is 16.9. The van der Waals surface area contributed by atoms with Crippen molar-refractivity contribution in [2.24, 2.45) is 4.99 Å². The van der Waals surface area contributed by atoms with Crippen LogP contribution in [0.25, 0.3) is 0 Å². The minimum absolute atomic E-state index is 0.0331. The van der Waals surface area contributed by atoms with Crippen molar-refractivity contribution in [1.29, 1.82) is 0 Å². The van der Waals surface area contributed by atoms with Gasteiger partial charge in [-0.3, -0.25) is 9.59 Å². The fourth-order valence-electron chi connectivity index (χ4n) is 2.28. The number of nitrogens with zero attached hydrogens (tertiary/aromatic N) is 2. The van der Waals surface area contributed by atoms with E-state index in [1.165, 1.54) is 11.3 Å². The molecule has 0 spiro atoms. The highest BCUT2D eigenvalue weighted by Gasteiger charge is 2.09. The van der Waals surface area contributed by atoms with Crippen LogP contribution < -0.4 is 9.54 Å². The molecule has 0 radical (unpaired) electrons. The van der Waals surface area contributed by atoms with Gasteiger partial charge in [-0.15, -0.1) is 11.3 Å².